The number of benzene rings is 1. The van der Waals surface area contributed by atoms with Crippen LogP contribution in [-0.2, 0) is 4.74 Å². The molecule has 7 nitrogen and oxygen atoms in total. The van der Waals surface area contributed by atoms with Crippen molar-refractivity contribution in [1.29, 1.82) is 10.7 Å². The van der Waals surface area contributed by atoms with Crippen LogP contribution in [0.3, 0.4) is 0 Å². The van der Waals surface area contributed by atoms with Gasteiger partial charge in [0.2, 0.25) is 0 Å². The molecule has 0 bridgehead atoms. The minimum absolute atomic E-state index is 0.0602. The van der Waals surface area contributed by atoms with E-state index < -0.39 is 5.91 Å². The molecular formula is C13H16N4O3. The normalized spacial score (nSPS) is 11.2. The lowest BCUT2D eigenvalue weighted by Gasteiger charge is -2.15. The first-order chi connectivity index (χ1) is 9.47. The molecule has 7 heteroatoms. The summed E-state index contributed by atoms with van der Waals surface area (Å²) < 4.78 is 4.90. The standard InChI is InChI=1S/C13H16N4O3/c1-8(7-20-2)16-13(15)17-12(19)10-5-9(6-14)3-4-11(10)18/h3-5,8,18H,7H2,1-2H3,(H3,15,16,17,19)/t8-/m0/s1. The molecule has 0 aliphatic carbocycles. The zero-order valence-corrected chi connectivity index (χ0v) is 11.2. The summed E-state index contributed by atoms with van der Waals surface area (Å²) in [5.74, 6) is -1.12. The van der Waals surface area contributed by atoms with Gasteiger partial charge < -0.3 is 15.2 Å². The molecule has 0 aliphatic rings. The van der Waals surface area contributed by atoms with Crippen molar-refractivity contribution in [3.8, 4) is 11.8 Å². The first-order valence-corrected chi connectivity index (χ1v) is 5.86. The highest BCUT2D eigenvalue weighted by Gasteiger charge is 2.14. The topological polar surface area (TPSA) is 118 Å². The summed E-state index contributed by atoms with van der Waals surface area (Å²) in [4.78, 5) is 11.9. The fourth-order valence-electron chi connectivity index (χ4n) is 1.54. The maximum Gasteiger partial charge on any atom is 0.261 e. The van der Waals surface area contributed by atoms with Crippen LogP contribution in [0.2, 0.25) is 0 Å². The molecule has 1 aromatic rings. The van der Waals surface area contributed by atoms with Crippen LogP contribution in [0, 0.1) is 16.7 Å². The van der Waals surface area contributed by atoms with E-state index in [1.165, 1.54) is 25.3 Å². The summed E-state index contributed by atoms with van der Waals surface area (Å²) in [5.41, 5.74) is 0.190. The largest absolute Gasteiger partial charge is 0.507 e. The molecule has 1 amide bonds. The van der Waals surface area contributed by atoms with Crippen molar-refractivity contribution in [1.82, 2.24) is 10.6 Å². The summed E-state index contributed by atoms with van der Waals surface area (Å²) >= 11 is 0. The highest BCUT2D eigenvalue weighted by molar-refractivity contribution is 6.06. The Labute approximate surface area is 116 Å². The van der Waals surface area contributed by atoms with Gasteiger partial charge in [-0.25, -0.2) is 0 Å². The van der Waals surface area contributed by atoms with Gasteiger partial charge in [0, 0.05) is 13.2 Å². The second kappa shape index (κ2) is 7.11. The fourth-order valence-corrected chi connectivity index (χ4v) is 1.54. The summed E-state index contributed by atoms with van der Waals surface area (Å²) in [6.45, 7) is 2.17. The van der Waals surface area contributed by atoms with E-state index >= 15 is 0 Å². The molecule has 0 spiro atoms. The van der Waals surface area contributed by atoms with E-state index in [1.807, 2.05) is 6.07 Å². The number of methoxy groups -OCH3 is 1. The molecule has 106 valence electrons. The van der Waals surface area contributed by atoms with E-state index in [4.69, 9.17) is 15.4 Å². The first-order valence-electron chi connectivity index (χ1n) is 5.86. The van der Waals surface area contributed by atoms with E-state index in [1.54, 1.807) is 6.92 Å². The van der Waals surface area contributed by atoms with E-state index in [0.717, 1.165) is 0 Å². The van der Waals surface area contributed by atoms with E-state index in [9.17, 15) is 9.90 Å². The number of phenols is 1. The van der Waals surface area contributed by atoms with Crippen LogP contribution in [0.25, 0.3) is 0 Å². The zero-order valence-electron chi connectivity index (χ0n) is 11.2. The summed E-state index contributed by atoms with van der Waals surface area (Å²) in [7, 11) is 1.53. The average Bonchev–Trinajstić information content (AvgIpc) is 2.39. The third kappa shape index (κ3) is 4.26. The molecule has 0 unspecified atom stereocenters. The third-order valence-corrected chi connectivity index (χ3v) is 2.42. The molecule has 20 heavy (non-hydrogen) atoms. The number of rotatable bonds is 4. The monoisotopic (exact) mass is 276 g/mol. The van der Waals surface area contributed by atoms with Crippen molar-refractivity contribution in [3.63, 3.8) is 0 Å². The average molecular weight is 276 g/mol. The Balaban J connectivity index is 2.72. The van der Waals surface area contributed by atoms with E-state index in [2.05, 4.69) is 10.6 Å². The Kier molecular flexibility index (Phi) is 5.50. The molecule has 0 saturated heterocycles. The molecular weight excluding hydrogens is 260 g/mol. The number of ether oxygens (including phenoxy) is 1. The van der Waals surface area contributed by atoms with Gasteiger partial charge in [0.15, 0.2) is 5.96 Å². The number of carbonyl (C=O) groups excluding carboxylic acids is 1. The van der Waals surface area contributed by atoms with Crippen LogP contribution >= 0.6 is 0 Å². The maximum absolute atomic E-state index is 11.9. The predicted molar refractivity (Wildman–Crippen MR) is 72.5 cm³/mol. The number of hydrogen-bond donors (Lipinski definition) is 4. The summed E-state index contributed by atoms with van der Waals surface area (Å²) in [5, 5.41) is 31.0. The number of amides is 1. The Bertz CT molecular complexity index is 551. The van der Waals surface area contributed by atoms with Gasteiger partial charge in [-0.1, -0.05) is 0 Å². The first kappa shape index (κ1) is 15.5. The SMILES string of the molecule is COC[C@H](C)NC(=N)NC(=O)c1cc(C#N)ccc1O. The van der Waals surface area contributed by atoms with Crippen molar-refractivity contribution in [2.45, 2.75) is 13.0 Å². The lowest BCUT2D eigenvalue weighted by molar-refractivity contribution is 0.0972. The predicted octanol–water partition coefficient (Wildman–Crippen LogP) is 0.553. The van der Waals surface area contributed by atoms with Gasteiger partial charge in [0.05, 0.1) is 23.8 Å². The molecule has 0 radical (unpaired) electrons. The van der Waals surface area contributed by atoms with Crippen LogP contribution < -0.4 is 10.6 Å². The van der Waals surface area contributed by atoms with Crippen molar-refractivity contribution < 1.29 is 14.6 Å². The summed E-state index contributed by atoms with van der Waals surface area (Å²) in [6, 6.07) is 5.65. The lowest BCUT2D eigenvalue weighted by atomic mass is 10.1. The van der Waals surface area contributed by atoms with E-state index in [-0.39, 0.29) is 28.9 Å². The van der Waals surface area contributed by atoms with Crippen LogP contribution in [0.5, 0.6) is 5.75 Å². The molecule has 1 aromatic carbocycles. The van der Waals surface area contributed by atoms with Gasteiger partial charge in [-0.2, -0.15) is 5.26 Å². The van der Waals surface area contributed by atoms with Gasteiger partial charge >= 0.3 is 0 Å². The lowest BCUT2D eigenvalue weighted by Crippen LogP contribution is -2.45. The molecule has 0 saturated carbocycles. The minimum atomic E-state index is -0.665. The highest BCUT2D eigenvalue weighted by atomic mass is 16.5. The van der Waals surface area contributed by atoms with Gasteiger partial charge in [0.1, 0.15) is 5.75 Å². The molecule has 0 heterocycles. The smallest absolute Gasteiger partial charge is 0.261 e. The Hall–Kier alpha value is -2.59. The third-order valence-electron chi connectivity index (χ3n) is 2.42. The van der Waals surface area contributed by atoms with Gasteiger partial charge in [-0.3, -0.25) is 15.5 Å². The van der Waals surface area contributed by atoms with Crippen molar-refractivity contribution >= 4 is 11.9 Å². The number of carbonyl (C=O) groups is 1. The molecule has 0 aromatic heterocycles. The second-order valence-corrected chi connectivity index (χ2v) is 4.17. The number of hydrogen-bond acceptors (Lipinski definition) is 5. The van der Waals surface area contributed by atoms with Gasteiger partial charge in [-0.05, 0) is 25.1 Å². The molecule has 0 fully saturated rings. The molecule has 4 N–H and O–H groups in total. The number of nitrogens with one attached hydrogen (secondary N) is 3. The van der Waals surface area contributed by atoms with Gasteiger partial charge in [-0.15, -0.1) is 0 Å². The van der Waals surface area contributed by atoms with E-state index in [0.29, 0.717) is 6.61 Å². The fraction of sp³-hybridized carbons (Fsp3) is 0.308. The highest BCUT2D eigenvalue weighted by Crippen LogP contribution is 2.17. The molecule has 1 rings (SSSR count). The van der Waals surface area contributed by atoms with Crippen LogP contribution in [0.1, 0.15) is 22.8 Å². The number of guanidine groups is 1. The zero-order chi connectivity index (χ0) is 15.1. The Morgan fingerprint density at radius 1 is 1.60 bits per heavy atom. The minimum Gasteiger partial charge on any atom is -0.507 e. The Morgan fingerprint density at radius 3 is 2.90 bits per heavy atom. The van der Waals surface area contributed by atoms with Crippen LogP contribution in [0.15, 0.2) is 18.2 Å². The molecule has 1 atom stereocenters. The second-order valence-electron chi connectivity index (χ2n) is 4.17. The number of aromatic hydroxyl groups is 1. The Morgan fingerprint density at radius 2 is 2.30 bits per heavy atom. The van der Waals surface area contributed by atoms with Crippen LogP contribution in [-0.4, -0.2) is 36.7 Å². The van der Waals surface area contributed by atoms with Crippen molar-refractivity contribution in [2.75, 3.05) is 13.7 Å². The van der Waals surface area contributed by atoms with Crippen molar-refractivity contribution in [2.24, 2.45) is 0 Å². The van der Waals surface area contributed by atoms with Crippen LogP contribution in [0.4, 0.5) is 0 Å². The quantitative estimate of drug-likeness (QED) is 0.473. The summed E-state index contributed by atoms with van der Waals surface area (Å²) in [6.07, 6.45) is 0. The number of nitrogens with zero attached hydrogens (tertiary/aromatic N) is 1. The van der Waals surface area contributed by atoms with Gasteiger partial charge in [0.25, 0.3) is 5.91 Å². The maximum atomic E-state index is 11.9. The number of nitriles is 1. The molecule has 0 aliphatic heterocycles. The number of phenolic OH excluding ortho intramolecular Hbond substituents is 1. The van der Waals surface area contributed by atoms with Crippen molar-refractivity contribution in [3.05, 3.63) is 29.3 Å².